The molecule has 6 nitrogen and oxygen atoms in total. The number of urea groups is 1. The smallest absolute Gasteiger partial charge is 0.324 e. The van der Waals surface area contributed by atoms with Crippen molar-refractivity contribution in [3.05, 3.63) is 28.7 Å². The van der Waals surface area contributed by atoms with Crippen LogP contribution in [0.5, 0.6) is 0 Å². The van der Waals surface area contributed by atoms with Gasteiger partial charge in [-0.2, -0.15) is 0 Å². The fourth-order valence-corrected chi connectivity index (χ4v) is 3.65. The predicted octanol–water partition coefficient (Wildman–Crippen LogP) is 3.03. The lowest BCUT2D eigenvalue weighted by atomic mass is 9.81. The van der Waals surface area contributed by atoms with Gasteiger partial charge in [0.2, 0.25) is 5.91 Å². The highest BCUT2D eigenvalue weighted by molar-refractivity contribution is 9.10. The summed E-state index contributed by atoms with van der Waals surface area (Å²) >= 11 is 3.33. The van der Waals surface area contributed by atoms with Gasteiger partial charge in [-0.15, -0.1) is 0 Å². The molecule has 1 aliphatic heterocycles. The maximum absolute atomic E-state index is 12.8. The van der Waals surface area contributed by atoms with Gasteiger partial charge in [-0.25, -0.2) is 9.69 Å². The molecule has 1 aromatic rings. The number of nitrogens with zero attached hydrogens (tertiary/aromatic N) is 1. The molecule has 0 radical (unpaired) electrons. The second kappa shape index (κ2) is 6.55. The molecule has 1 aliphatic carbocycles. The zero-order chi connectivity index (χ0) is 17.3. The number of anilines is 1. The van der Waals surface area contributed by atoms with E-state index in [1.807, 2.05) is 12.1 Å². The van der Waals surface area contributed by atoms with Gasteiger partial charge in [0.1, 0.15) is 11.6 Å². The molecule has 0 bridgehead atoms. The first-order chi connectivity index (χ1) is 11.4. The van der Waals surface area contributed by atoms with Crippen LogP contribution in [0, 0.1) is 0 Å². The van der Waals surface area contributed by atoms with E-state index in [0.29, 0.717) is 18.5 Å². The first kappa shape index (κ1) is 17.0. The molecule has 1 aromatic carbocycles. The monoisotopic (exact) mass is 393 g/mol. The molecular formula is C17H20BrN3O3. The summed E-state index contributed by atoms with van der Waals surface area (Å²) in [5.74, 6) is -0.653. The fourth-order valence-electron chi connectivity index (χ4n) is 3.38. The molecule has 1 atom stereocenters. The standard InChI is InChI=1S/C17H20BrN3O3/c1-11(14(22)19-13-7-5-12(18)6-8-13)21-15(23)17(20-16(21)24)9-3-2-4-10-17/h5-8,11H,2-4,9-10H2,1H3,(H,19,22)(H,20,24)/t11-/m0/s1. The molecule has 2 aliphatic rings. The Kier molecular flexibility index (Phi) is 4.62. The van der Waals surface area contributed by atoms with Crippen molar-refractivity contribution < 1.29 is 14.4 Å². The second-order valence-electron chi connectivity index (χ2n) is 6.42. The molecule has 2 fully saturated rings. The van der Waals surface area contributed by atoms with Crippen LogP contribution in [-0.4, -0.2) is 34.3 Å². The molecule has 24 heavy (non-hydrogen) atoms. The number of carbonyl (C=O) groups is 3. The largest absolute Gasteiger partial charge is 0.325 e. The first-order valence-corrected chi connectivity index (χ1v) is 8.94. The van der Waals surface area contributed by atoms with Crippen LogP contribution in [0.2, 0.25) is 0 Å². The van der Waals surface area contributed by atoms with E-state index in [2.05, 4.69) is 26.6 Å². The Balaban J connectivity index is 1.72. The summed E-state index contributed by atoms with van der Waals surface area (Å²) in [6.07, 6.45) is 4.20. The maximum atomic E-state index is 12.8. The normalized spacial score (nSPS) is 20.8. The van der Waals surface area contributed by atoms with Crippen molar-refractivity contribution >= 4 is 39.5 Å². The van der Waals surface area contributed by atoms with Gasteiger partial charge < -0.3 is 10.6 Å². The Hall–Kier alpha value is -1.89. The van der Waals surface area contributed by atoms with Crippen LogP contribution in [0.1, 0.15) is 39.0 Å². The molecular weight excluding hydrogens is 374 g/mol. The van der Waals surface area contributed by atoms with Crippen LogP contribution >= 0.6 is 15.9 Å². The minimum atomic E-state index is -0.859. The molecule has 0 aromatic heterocycles. The van der Waals surface area contributed by atoms with Gasteiger partial charge in [-0.05, 0) is 44.0 Å². The highest BCUT2D eigenvalue weighted by Gasteiger charge is 2.53. The number of hydrogen-bond donors (Lipinski definition) is 2. The summed E-state index contributed by atoms with van der Waals surface area (Å²) in [5.41, 5.74) is -0.184. The van der Waals surface area contributed by atoms with Crippen LogP contribution < -0.4 is 10.6 Å². The number of amides is 4. The molecule has 2 N–H and O–H groups in total. The summed E-state index contributed by atoms with van der Waals surface area (Å²) in [6.45, 7) is 1.58. The van der Waals surface area contributed by atoms with Gasteiger partial charge in [0.05, 0.1) is 0 Å². The highest BCUT2D eigenvalue weighted by Crippen LogP contribution is 2.34. The number of imide groups is 1. The molecule has 1 spiro atoms. The SMILES string of the molecule is C[C@@H](C(=O)Nc1ccc(Br)cc1)N1C(=O)NC2(CCCCC2)C1=O. The lowest BCUT2D eigenvalue weighted by molar-refractivity contribution is -0.137. The minimum absolute atomic E-state index is 0.273. The van der Waals surface area contributed by atoms with Gasteiger partial charge in [0.15, 0.2) is 0 Å². The third kappa shape index (κ3) is 3.05. The molecule has 128 valence electrons. The Morgan fingerprint density at radius 2 is 1.83 bits per heavy atom. The van der Waals surface area contributed by atoms with Crippen LogP contribution in [-0.2, 0) is 9.59 Å². The summed E-state index contributed by atoms with van der Waals surface area (Å²) in [6, 6.07) is 5.80. The molecule has 3 rings (SSSR count). The zero-order valence-electron chi connectivity index (χ0n) is 13.5. The van der Waals surface area contributed by atoms with Crippen LogP contribution in [0.3, 0.4) is 0 Å². The lowest BCUT2D eigenvalue weighted by Crippen LogP contribution is -2.50. The number of hydrogen-bond acceptors (Lipinski definition) is 3. The Labute approximate surface area is 149 Å². The van der Waals surface area contributed by atoms with Crippen molar-refractivity contribution in [2.45, 2.75) is 50.6 Å². The first-order valence-electron chi connectivity index (χ1n) is 8.15. The van der Waals surface area contributed by atoms with Gasteiger partial charge in [-0.1, -0.05) is 35.2 Å². The van der Waals surface area contributed by atoms with Crippen molar-refractivity contribution in [2.75, 3.05) is 5.32 Å². The summed E-state index contributed by atoms with van der Waals surface area (Å²) in [7, 11) is 0. The number of carbonyl (C=O) groups excluding carboxylic acids is 3. The van der Waals surface area contributed by atoms with Gasteiger partial charge in [0.25, 0.3) is 5.91 Å². The molecule has 0 unspecified atom stereocenters. The van der Waals surface area contributed by atoms with Gasteiger partial charge >= 0.3 is 6.03 Å². The fraction of sp³-hybridized carbons (Fsp3) is 0.471. The average molecular weight is 394 g/mol. The Morgan fingerprint density at radius 1 is 1.21 bits per heavy atom. The molecule has 1 saturated carbocycles. The van der Waals surface area contributed by atoms with Crippen molar-refractivity contribution in [1.29, 1.82) is 0 Å². The van der Waals surface area contributed by atoms with Gasteiger partial charge in [-0.3, -0.25) is 9.59 Å². The zero-order valence-corrected chi connectivity index (χ0v) is 15.1. The van der Waals surface area contributed by atoms with E-state index >= 15 is 0 Å². The molecule has 4 amide bonds. The van der Waals surface area contributed by atoms with E-state index in [1.54, 1.807) is 19.1 Å². The summed E-state index contributed by atoms with van der Waals surface area (Å²) in [4.78, 5) is 38.6. The van der Waals surface area contributed by atoms with E-state index < -0.39 is 17.6 Å². The number of nitrogens with one attached hydrogen (secondary N) is 2. The third-order valence-electron chi connectivity index (χ3n) is 4.78. The molecule has 1 saturated heterocycles. The van der Waals surface area contributed by atoms with E-state index in [9.17, 15) is 14.4 Å². The summed E-state index contributed by atoms with van der Waals surface area (Å²) < 4.78 is 0.905. The van der Waals surface area contributed by atoms with Crippen LogP contribution in [0.25, 0.3) is 0 Å². The Bertz CT molecular complexity index is 668. The highest BCUT2D eigenvalue weighted by atomic mass is 79.9. The van der Waals surface area contributed by atoms with E-state index in [-0.39, 0.29) is 11.8 Å². The number of benzene rings is 1. The molecule has 1 heterocycles. The average Bonchev–Trinajstić information content (AvgIpc) is 2.80. The quantitative estimate of drug-likeness (QED) is 0.774. The topological polar surface area (TPSA) is 78.5 Å². The van der Waals surface area contributed by atoms with Crippen molar-refractivity contribution in [3.63, 3.8) is 0 Å². The van der Waals surface area contributed by atoms with Crippen molar-refractivity contribution in [2.24, 2.45) is 0 Å². The minimum Gasteiger partial charge on any atom is -0.324 e. The van der Waals surface area contributed by atoms with E-state index in [4.69, 9.17) is 0 Å². The van der Waals surface area contributed by atoms with E-state index in [1.165, 1.54) is 0 Å². The van der Waals surface area contributed by atoms with Gasteiger partial charge in [0, 0.05) is 10.2 Å². The van der Waals surface area contributed by atoms with E-state index in [0.717, 1.165) is 28.6 Å². The van der Waals surface area contributed by atoms with Crippen molar-refractivity contribution in [1.82, 2.24) is 10.2 Å². The number of halogens is 1. The predicted molar refractivity (Wildman–Crippen MR) is 93.4 cm³/mol. The number of rotatable bonds is 3. The summed E-state index contributed by atoms with van der Waals surface area (Å²) in [5, 5.41) is 5.57. The molecule has 7 heteroatoms. The third-order valence-corrected chi connectivity index (χ3v) is 5.31. The van der Waals surface area contributed by atoms with Crippen molar-refractivity contribution in [3.8, 4) is 0 Å². The lowest BCUT2D eigenvalue weighted by Gasteiger charge is -2.31. The van der Waals surface area contributed by atoms with Crippen LogP contribution in [0.15, 0.2) is 28.7 Å². The van der Waals surface area contributed by atoms with Crippen LogP contribution in [0.4, 0.5) is 10.5 Å². The second-order valence-corrected chi connectivity index (χ2v) is 7.34. The Morgan fingerprint density at radius 3 is 2.46 bits per heavy atom. The maximum Gasteiger partial charge on any atom is 0.325 e.